The van der Waals surface area contributed by atoms with Crippen LogP contribution in [-0.4, -0.2) is 17.9 Å². The predicted molar refractivity (Wildman–Crippen MR) is 78.8 cm³/mol. The molecule has 0 saturated carbocycles. The number of amides is 1. The average molecular weight is 286 g/mol. The van der Waals surface area contributed by atoms with Gasteiger partial charge in [-0.05, 0) is 24.6 Å². The highest BCUT2D eigenvalue weighted by Gasteiger charge is 2.15. The van der Waals surface area contributed by atoms with Crippen LogP contribution in [-0.2, 0) is 0 Å². The van der Waals surface area contributed by atoms with Crippen LogP contribution >= 0.6 is 0 Å². The standard InChI is InChI=1S/C15H14N2O4/c1-10-5-3-4-6-12(10)15(18)16-13-9-11(17(19)20)7-8-14(13)21-2/h3-9H,1-2H3,(H,16,18). The van der Waals surface area contributed by atoms with Gasteiger partial charge in [0.05, 0.1) is 17.7 Å². The zero-order valence-corrected chi connectivity index (χ0v) is 11.6. The van der Waals surface area contributed by atoms with Gasteiger partial charge in [-0.1, -0.05) is 18.2 Å². The number of carbonyl (C=O) groups is 1. The number of nitro benzene ring substituents is 1. The predicted octanol–water partition coefficient (Wildman–Crippen LogP) is 3.16. The van der Waals surface area contributed by atoms with Crippen LogP contribution in [0.3, 0.4) is 0 Å². The first-order chi connectivity index (χ1) is 10.0. The van der Waals surface area contributed by atoms with Crippen LogP contribution < -0.4 is 10.1 Å². The van der Waals surface area contributed by atoms with Crippen LogP contribution in [0.25, 0.3) is 0 Å². The van der Waals surface area contributed by atoms with E-state index in [0.29, 0.717) is 11.3 Å². The van der Waals surface area contributed by atoms with E-state index in [9.17, 15) is 14.9 Å². The first kappa shape index (κ1) is 14.5. The van der Waals surface area contributed by atoms with Gasteiger partial charge < -0.3 is 10.1 Å². The molecule has 0 aliphatic rings. The summed E-state index contributed by atoms with van der Waals surface area (Å²) in [5.41, 5.74) is 1.47. The Balaban J connectivity index is 2.34. The van der Waals surface area contributed by atoms with E-state index in [1.54, 1.807) is 12.1 Å². The van der Waals surface area contributed by atoms with E-state index >= 15 is 0 Å². The molecule has 0 atom stereocenters. The summed E-state index contributed by atoms with van der Waals surface area (Å²) in [6.07, 6.45) is 0. The van der Waals surface area contributed by atoms with Gasteiger partial charge in [0.15, 0.2) is 0 Å². The van der Waals surface area contributed by atoms with Gasteiger partial charge in [0.25, 0.3) is 11.6 Å². The molecule has 0 unspecified atom stereocenters. The van der Waals surface area contributed by atoms with Crippen LogP contribution in [0.1, 0.15) is 15.9 Å². The first-order valence-electron chi connectivity index (χ1n) is 6.22. The molecule has 2 aromatic carbocycles. The van der Waals surface area contributed by atoms with Crippen LogP contribution in [0.2, 0.25) is 0 Å². The molecule has 0 heterocycles. The number of non-ortho nitro benzene ring substituents is 1. The average Bonchev–Trinajstić information content (AvgIpc) is 2.47. The second-order valence-corrected chi connectivity index (χ2v) is 4.41. The number of ether oxygens (including phenoxy) is 1. The van der Waals surface area contributed by atoms with Gasteiger partial charge in [0.2, 0.25) is 0 Å². The highest BCUT2D eigenvalue weighted by Crippen LogP contribution is 2.29. The number of hydrogen-bond donors (Lipinski definition) is 1. The maximum atomic E-state index is 12.2. The zero-order chi connectivity index (χ0) is 15.4. The third kappa shape index (κ3) is 3.17. The highest BCUT2D eigenvalue weighted by atomic mass is 16.6. The van der Waals surface area contributed by atoms with Crippen molar-refractivity contribution in [2.24, 2.45) is 0 Å². The van der Waals surface area contributed by atoms with Crippen LogP contribution in [0, 0.1) is 17.0 Å². The van der Waals surface area contributed by atoms with Gasteiger partial charge in [-0.3, -0.25) is 14.9 Å². The summed E-state index contributed by atoms with van der Waals surface area (Å²) >= 11 is 0. The van der Waals surface area contributed by atoms with E-state index in [2.05, 4.69) is 5.32 Å². The molecule has 108 valence electrons. The van der Waals surface area contributed by atoms with E-state index in [1.807, 2.05) is 19.1 Å². The Morgan fingerprint density at radius 3 is 2.57 bits per heavy atom. The van der Waals surface area contributed by atoms with Crippen molar-refractivity contribution < 1.29 is 14.5 Å². The summed E-state index contributed by atoms with van der Waals surface area (Å²) < 4.78 is 5.11. The summed E-state index contributed by atoms with van der Waals surface area (Å²) in [6.45, 7) is 1.82. The number of nitrogens with one attached hydrogen (secondary N) is 1. The second-order valence-electron chi connectivity index (χ2n) is 4.41. The van der Waals surface area contributed by atoms with E-state index in [1.165, 1.54) is 25.3 Å². The fourth-order valence-corrected chi connectivity index (χ4v) is 1.92. The molecule has 1 amide bonds. The second kappa shape index (κ2) is 6.04. The molecule has 0 radical (unpaired) electrons. The van der Waals surface area contributed by atoms with Gasteiger partial charge in [-0.25, -0.2) is 0 Å². The number of carbonyl (C=O) groups excluding carboxylic acids is 1. The van der Waals surface area contributed by atoms with Crippen molar-refractivity contribution in [2.75, 3.05) is 12.4 Å². The van der Waals surface area contributed by atoms with Gasteiger partial charge in [0.1, 0.15) is 5.75 Å². The Labute approximate surface area is 121 Å². The van der Waals surface area contributed by atoms with Crippen molar-refractivity contribution in [3.8, 4) is 5.75 Å². The van der Waals surface area contributed by atoms with Crippen molar-refractivity contribution in [1.82, 2.24) is 0 Å². The molecular weight excluding hydrogens is 272 g/mol. The number of hydrogen-bond acceptors (Lipinski definition) is 4. The third-order valence-corrected chi connectivity index (χ3v) is 3.03. The summed E-state index contributed by atoms with van der Waals surface area (Å²) in [6, 6.07) is 11.1. The molecule has 0 bridgehead atoms. The Morgan fingerprint density at radius 2 is 1.95 bits per heavy atom. The highest BCUT2D eigenvalue weighted by molar-refractivity contribution is 6.06. The maximum Gasteiger partial charge on any atom is 0.271 e. The number of rotatable bonds is 4. The normalized spacial score (nSPS) is 10.0. The smallest absolute Gasteiger partial charge is 0.271 e. The lowest BCUT2D eigenvalue weighted by molar-refractivity contribution is -0.384. The minimum atomic E-state index is -0.525. The molecule has 0 saturated heterocycles. The lowest BCUT2D eigenvalue weighted by Crippen LogP contribution is -2.14. The first-order valence-corrected chi connectivity index (χ1v) is 6.22. The number of benzene rings is 2. The fourth-order valence-electron chi connectivity index (χ4n) is 1.92. The summed E-state index contributed by atoms with van der Waals surface area (Å²) in [5, 5.41) is 13.5. The molecule has 2 aromatic rings. The summed E-state index contributed by atoms with van der Waals surface area (Å²) in [5.74, 6) is 0.0226. The van der Waals surface area contributed by atoms with Crippen LogP contribution in [0.4, 0.5) is 11.4 Å². The zero-order valence-electron chi connectivity index (χ0n) is 11.6. The van der Waals surface area contributed by atoms with Gasteiger partial charge in [-0.2, -0.15) is 0 Å². The molecule has 6 nitrogen and oxygen atoms in total. The van der Waals surface area contributed by atoms with Crippen molar-refractivity contribution in [1.29, 1.82) is 0 Å². The van der Waals surface area contributed by atoms with Crippen molar-refractivity contribution in [2.45, 2.75) is 6.92 Å². The van der Waals surface area contributed by atoms with Gasteiger partial charge in [-0.15, -0.1) is 0 Å². The molecule has 1 N–H and O–H groups in total. The summed E-state index contributed by atoms with van der Waals surface area (Å²) in [7, 11) is 1.44. The molecule has 21 heavy (non-hydrogen) atoms. The van der Waals surface area contributed by atoms with E-state index in [0.717, 1.165) is 5.56 Å². The van der Waals surface area contributed by atoms with E-state index in [4.69, 9.17) is 4.74 Å². The maximum absolute atomic E-state index is 12.2. The third-order valence-electron chi connectivity index (χ3n) is 3.03. The van der Waals surface area contributed by atoms with E-state index < -0.39 is 4.92 Å². The Kier molecular flexibility index (Phi) is 4.18. The van der Waals surface area contributed by atoms with Crippen molar-refractivity contribution in [3.63, 3.8) is 0 Å². The molecule has 0 spiro atoms. The molecule has 0 fully saturated rings. The summed E-state index contributed by atoms with van der Waals surface area (Å²) in [4.78, 5) is 22.5. The monoisotopic (exact) mass is 286 g/mol. The minimum absolute atomic E-state index is 0.115. The molecule has 6 heteroatoms. The molecule has 0 aromatic heterocycles. The lowest BCUT2D eigenvalue weighted by Gasteiger charge is -2.11. The number of aryl methyl sites for hydroxylation is 1. The SMILES string of the molecule is COc1ccc([N+](=O)[O-])cc1NC(=O)c1ccccc1C. The van der Waals surface area contributed by atoms with Crippen molar-refractivity contribution >= 4 is 17.3 Å². The van der Waals surface area contributed by atoms with Crippen LogP contribution in [0.15, 0.2) is 42.5 Å². The Bertz CT molecular complexity index is 698. The number of nitrogens with zero attached hydrogens (tertiary/aromatic N) is 1. The van der Waals surface area contributed by atoms with E-state index in [-0.39, 0.29) is 17.3 Å². The topological polar surface area (TPSA) is 81.5 Å². The quantitative estimate of drug-likeness (QED) is 0.691. The van der Waals surface area contributed by atoms with Crippen molar-refractivity contribution in [3.05, 3.63) is 63.7 Å². The van der Waals surface area contributed by atoms with Crippen LogP contribution in [0.5, 0.6) is 5.75 Å². The molecule has 2 rings (SSSR count). The minimum Gasteiger partial charge on any atom is -0.495 e. The molecule has 0 aliphatic heterocycles. The number of anilines is 1. The Hall–Kier alpha value is -2.89. The fraction of sp³-hybridized carbons (Fsp3) is 0.133. The lowest BCUT2D eigenvalue weighted by atomic mass is 10.1. The Morgan fingerprint density at radius 1 is 1.24 bits per heavy atom. The van der Waals surface area contributed by atoms with Gasteiger partial charge >= 0.3 is 0 Å². The molecule has 0 aliphatic carbocycles. The number of nitro groups is 1. The number of methoxy groups -OCH3 is 1. The molecular formula is C15H14N2O4. The van der Waals surface area contributed by atoms with Gasteiger partial charge in [0, 0.05) is 17.7 Å². The largest absolute Gasteiger partial charge is 0.495 e.